The first-order valence-electron chi connectivity index (χ1n) is 4.43. The summed E-state index contributed by atoms with van der Waals surface area (Å²) in [6.07, 6.45) is -3.80. The van der Waals surface area contributed by atoms with E-state index >= 15 is 0 Å². The Balaban J connectivity index is 2.36. The number of ether oxygens (including phenoxy) is 3. The van der Waals surface area contributed by atoms with E-state index in [-0.39, 0.29) is 13.2 Å². The Morgan fingerprint density at radius 3 is 2.50 bits per heavy atom. The van der Waals surface area contributed by atoms with Gasteiger partial charge in [0.2, 0.25) is 0 Å². The molecule has 0 aromatic heterocycles. The summed E-state index contributed by atoms with van der Waals surface area (Å²) in [4.78, 5) is 0. The number of methoxy groups -OCH3 is 1. The molecule has 6 heteroatoms. The molecule has 0 aromatic carbocycles. The molecule has 0 radical (unpaired) electrons. The van der Waals surface area contributed by atoms with Gasteiger partial charge >= 0.3 is 0 Å². The van der Waals surface area contributed by atoms with Crippen LogP contribution < -0.4 is 0 Å². The molecule has 1 aliphatic rings. The highest BCUT2D eigenvalue weighted by molar-refractivity contribution is 4.86. The van der Waals surface area contributed by atoms with E-state index in [1.54, 1.807) is 0 Å². The molecule has 4 unspecified atom stereocenters. The summed E-state index contributed by atoms with van der Waals surface area (Å²) >= 11 is 0. The third kappa shape index (κ3) is 2.63. The van der Waals surface area contributed by atoms with Crippen LogP contribution in [0, 0.1) is 0 Å². The fourth-order valence-corrected chi connectivity index (χ4v) is 1.32. The van der Waals surface area contributed by atoms with Crippen LogP contribution in [0.2, 0.25) is 0 Å². The van der Waals surface area contributed by atoms with Gasteiger partial charge in [0.15, 0.2) is 6.29 Å². The van der Waals surface area contributed by atoms with Gasteiger partial charge in [0.05, 0.1) is 19.8 Å². The van der Waals surface area contributed by atoms with Crippen molar-refractivity contribution in [2.24, 2.45) is 0 Å². The van der Waals surface area contributed by atoms with E-state index in [9.17, 15) is 10.2 Å². The van der Waals surface area contributed by atoms with Gasteiger partial charge in [0, 0.05) is 7.11 Å². The van der Waals surface area contributed by atoms with Crippen molar-refractivity contribution < 1.29 is 29.5 Å². The molecule has 1 fully saturated rings. The third-order valence-corrected chi connectivity index (χ3v) is 2.09. The van der Waals surface area contributed by atoms with Crippen molar-refractivity contribution in [3.05, 3.63) is 0 Å². The third-order valence-electron chi connectivity index (χ3n) is 2.09. The molecule has 1 heterocycles. The smallest absolute Gasteiger partial charge is 0.184 e. The Labute approximate surface area is 82.0 Å². The first kappa shape index (κ1) is 11.8. The highest BCUT2D eigenvalue weighted by atomic mass is 16.7. The van der Waals surface area contributed by atoms with Crippen LogP contribution in [0.5, 0.6) is 0 Å². The van der Waals surface area contributed by atoms with Crippen LogP contribution in [0.4, 0.5) is 0 Å². The fourth-order valence-electron chi connectivity index (χ4n) is 1.32. The van der Waals surface area contributed by atoms with Crippen molar-refractivity contribution >= 4 is 0 Å². The Bertz CT molecular complexity index is 164. The van der Waals surface area contributed by atoms with E-state index in [1.807, 2.05) is 0 Å². The molecule has 0 spiro atoms. The van der Waals surface area contributed by atoms with Gasteiger partial charge < -0.3 is 29.5 Å². The van der Waals surface area contributed by atoms with Crippen LogP contribution >= 0.6 is 0 Å². The molecule has 0 saturated carbocycles. The van der Waals surface area contributed by atoms with Crippen LogP contribution in [0.25, 0.3) is 0 Å². The lowest BCUT2D eigenvalue weighted by atomic mass is 10.1. The molecule has 0 aliphatic carbocycles. The standard InChI is InChI=1S/C8H16O6/c1-12-2-3-13-7-6(10)5(4-9)14-8(7)11/h5-11H,2-4H2,1H3. The van der Waals surface area contributed by atoms with Crippen LogP contribution in [0.3, 0.4) is 0 Å². The van der Waals surface area contributed by atoms with E-state index in [0.717, 1.165) is 0 Å². The van der Waals surface area contributed by atoms with E-state index in [4.69, 9.17) is 19.3 Å². The largest absolute Gasteiger partial charge is 0.394 e. The molecule has 6 nitrogen and oxygen atoms in total. The van der Waals surface area contributed by atoms with Crippen LogP contribution in [-0.2, 0) is 14.2 Å². The lowest BCUT2D eigenvalue weighted by Crippen LogP contribution is -2.37. The molecule has 1 rings (SSSR count). The van der Waals surface area contributed by atoms with Gasteiger partial charge in [-0.1, -0.05) is 0 Å². The number of aliphatic hydroxyl groups is 3. The van der Waals surface area contributed by atoms with Gasteiger partial charge in [-0.15, -0.1) is 0 Å². The number of aliphatic hydroxyl groups excluding tert-OH is 3. The molecule has 0 aromatic rings. The van der Waals surface area contributed by atoms with Gasteiger partial charge in [-0.3, -0.25) is 0 Å². The van der Waals surface area contributed by atoms with Crippen molar-refractivity contribution in [2.45, 2.75) is 24.6 Å². The van der Waals surface area contributed by atoms with Crippen LogP contribution in [-0.4, -0.2) is 66.9 Å². The Kier molecular flexibility index (Phi) is 4.73. The van der Waals surface area contributed by atoms with Crippen molar-refractivity contribution in [2.75, 3.05) is 26.9 Å². The molecule has 3 N–H and O–H groups in total. The summed E-state index contributed by atoms with van der Waals surface area (Å²) in [5.41, 5.74) is 0. The fraction of sp³-hybridized carbons (Fsp3) is 1.00. The minimum Gasteiger partial charge on any atom is -0.394 e. The minimum atomic E-state index is -1.20. The summed E-state index contributed by atoms with van der Waals surface area (Å²) in [5.74, 6) is 0. The van der Waals surface area contributed by atoms with Gasteiger partial charge in [0.25, 0.3) is 0 Å². The van der Waals surface area contributed by atoms with Crippen LogP contribution in [0.15, 0.2) is 0 Å². The molecule has 0 amide bonds. The SMILES string of the molecule is COCCOC1C(O)OC(CO)C1O. The Hall–Kier alpha value is -0.240. The second kappa shape index (κ2) is 5.59. The van der Waals surface area contributed by atoms with Crippen molar-refractivity contribution in [1.29, 1.82) is 0 Å². The zero-order valence-corrected chi connectivity index (χ0v) is 8.00. The average molecular weight is 208 g/mol. The molecular formula is C8H16O6. The minimum absolute atomic E-state index is 0.261. The van der Waals surface area contributed by atoms with Crippen LogP contribution in [0.1, 0.15) is 0 Å². The monoisotopic (exact) mass is 208 g/mol. The summed E-state index contributed by atoms with van der Waals surface area (Å²) in [7, 11) is 1.53. The van der Waals surface area contributed by atoms with Gasteiger partial charge in [-0.05, 0) is 0 Å². The molecule has 0 bridgehead atoms. The molecular weight excluding hydrogens is 192 g/mol. The number of rotatable bonds is 5. The molecule has 14 heavy (non-hydrogen) atoms. The summed E-state index contributed by atoms with van der Waals surface area (Å²) in [6, 6.07) is 0. The predicted molar refractivity (Wildman–Crippen MR) is 45.6 cm³/mol. The van der Waals surface area contributed by atoms with E-state index in [2.05, 4.69) is 0 Å². The van der Waals surface area contributed by atoms with Crippen molar-refractivity contribution in [3.8, 4) is 0 Å². The van der Waals surface area contributed by atoms with Crippen molar-refractivity contribution in [3.63, 3.8) is 0 Å². The summed E-state index contributed by atoms with van der Waals surface area (Å²) in [6.45, 7) is 0.291. The average Bonchev–Trinajstić information content (AvgIpc) is 2.45. The topological polar surface area (TPSA) is 88.4 Å². The first-order chi connectivity index (χ1) is 6.70. The quantitative estimate of drug-likeness (QED) is 0.457. The zero-order valence-electron chi connectivity index (χ0n) is 8.00. The van der Waals surface area contributed by atoms with Gasteiger partial charge in [0.1, 0.15) is 18.3 Å². The molecule has 1 saturated heterocycles. The second-order valence-electron chi connectivity index (χ2n) is 3.07. The normalized spacial score (nSPS) is 37.7. The maximum atomic E-state index is 9.51. The van der Waals surface area contributed by atoms with E-state index in [0.29, 0.717) is 6.61 Å². The van der Waals surface area contributed by atoms with E-state index in [1.165, 1.54) is 7.11 Å². The van der Waals surface area contributed by atoms with Gasteiger partial charge in [-0.25, -0.2) is 0 Å². The van der Waals surface area contributed by atoms with E-state index < -0.39 is 24.6 Å². The number of hydrogen-bond acceptors (Lipinski definition) is 6. The lowest BCUT2D eigenvalue weighted by molar-refractivity contribution is -0.149. The second-order valence-corrected chi connectivity index (χ2v) is 3.07. The molecule has 84 valence electrons. The summed E-state index contributed by atoms with van der Waals surface area (Å²) < 4.78 is 14.7. The lowest BCUT2D eigenvalue weighted by Gasteiger charge is -2.17. The predicted octanol–water partition coefficient (Wildman–Crippen LogP) is -1.91. The van der Waals surface area contributed by atoms with Gasteiger partial charge in [-0.2, -0.15) is 0 Å². The molecule has 1 aliphatic heterocycles. The Morgan fingerprint density at radius 1 is 1.29 bits per heavy atom. The first-order valence-corrected chi connectivity index (χ1v) is 4.43. The highest BCUT2D eigenvalue weighted by Crippen LogP contribution is 2.21. The maximum absolute atomic E-state index is 9.51. The zero-order chi connectivity index (χ0) is 10.6. The maximum Gasteiger partial charge on any atom is 0.184 e. The Morgan fingerprint density at radius 2 is 2.00 bits per heavy atom. The number of hydrogen-bond donors (Lipinski definition) is 3. The van der Waals surface area contributed by atoms with Crippen molar-refractivity contribution in [1.82, 2.24) is 0 Å². The highest BCUT2D eigenvalue weighted by Gasteiger charge is 2.43. The summed E-state index contributed by atoms with van der Waals surface area (Å²) in [5, 5.41) is 27.6. The molecule has 4 atom stereocenters.